The van der Waals surface area contributed by atoms with Crippen LogP contribution in [0, 0.1) is 5.21 Å². The van der Waals surface area contributed by atoms with Gasteiger partial charge in [-0.05, 0) is 50.2 Å². The number of amidine groups is 2. The summed E-state index contributed by atoms with van der Waals surface area (Å²) in [6, 6.07) is 3.66. The third-order valence-corrected chi connectivity index (χ3v) is 4.05. The molecule has 0 amide bonds. The van der Waals surface area contributed by atoms with Crippen LogP contribution in [0.15, 0.2) is 29.5 Å². The van der Waals surface area contributed by atoms with E-state index in [2.05, 4.69) is 14.9 Å². The molecule has 106 valence electrons. The van der Waals surface area contributed by atoms with E-state index in [1.54, 1.807) is 12.4 Å². The standard InChI is InChI=1S/C15H20N4O/c1-15(2)14(18-10-4-3-5-11-18)17-13(19(15)20)12-6-8-16-9-7-12/h6-9H,3-5,10-11H2,1-2H3. The predicted octanol–water partition coefficient (Wildman–Crippen LogP) is 2.02. The molecule has 0 spiro atoms. The Labute approximate surface area is 119 Å². The van der Waals surface area contributed by atoms with Crippen LogP contribution in [0.1, 0.15) is 38.7 Å². The fourth-order valence-corrected chi connectivity index (χ4v) is 2.88. The van der Waals surface area contributed by atoms with E-state index in [1.807, 2.05) is 26.0 Å². The van der Waals surface area contributed by atoms with Gasteiger partial charge in [0.25, 0.3) is 5.84 Å². The zero-order valence-electron chi connectivity index (χ0n) is 12.0. The predicted molar refractivity (Wildman–Crippen MR) is 78.9 cm³/mol. The first kappa shape index (κ1) is 13.1. The quantitative estimate of drug-likeness (QED) is 0.580. The number of likely N-dealkylation sites (tertiary alicyclic amines) is 1. The van der Waals surface area contributed by atoms with Crippen molar-refractivity contribution in [2.75, 3.05) is 13.1 Å². The molecule has 1 saturated heterocycles. The van der Waals surface area contributed by atoms with Gasteiger partial charge in [-0.15, -0.1) is 0 Å². The van der Waals surface area contributed by atoms with Crippen LogP contribution < -0.4 is 0 Å². The molecular formula is C15H20N4O. The fourth-order valence-electron chi connectivity index (χ4n) is 2.88. The molecule has 1 aromatic heterocycles. The van der Waals surface area contributed by atoms with Gasteiger partial charge in [0.1, 0.15) is 0 Å². The van der Waals surface area contributed by atoms with Crippen LogP contribution in [-0.2, 0) is 0 Å². The van der Waals surface area contributed by atoms with E-state index in [4.69, 9.17) is 0 Å². The average molecular weight is 272 g/mol. The number of nitrogens with zero attached hydrogens (tertiary/aromatic N) is 4. The van der Waals surface area contributed by atoms with E-state index in [9.17, 15) is 5.21 Å². The molecule has 0 radical (unpaired) electrons. The van der Waals surface area contributed by atoms with Crippen molar-refractivity contribution in [2.24, 2.45) is 4.99 Å². The van der Waals surface area contributed by atoms with Crippen molar-refractivity contribution in [1.29, 1.82) is 0 Å². The molecule has 0 saturated carbocycles. The molecule has 0 aromatic carbocycles. The van der Waals surface area contributed by atoms with Gasteiger partial charge in [0.05, 0.1) is 5.56 Å². The number of hydrogen-bond acceptors (Lipinski definition) is 4. The first-order valence-corrected chi connectivity index (χ1v) is 7.19. The topological polar surface area (TPSA) is 54.6 Å². The molecule has 5 nitrogen and oxygen atoms in total. The fraction of sp³-hybridized carbons (Fsp3) is 0.533. The smallest absolute Gasteiger partial charge is 0.331 e. The van der Waals surface area contributed by atoms with E-state index in [1.165, 1.54) is 19.3 Å². The van der Waals surface area contributed by atoms with Crippen LogP contribution in [0.5, 0.6) is 0 Å². The SMILES string of the molecule is CC1(C)C(N2CCCCC2)=NC(c2ccncc2)=[N+]1[O-]. The van der Waals surface area contributed by atoms with Crippen LogP contribution >= 0.6 is 0 Å². The summed E-state index contributed by atoms with van der Waals surface area (Å²) < 4.78 is 1.03. The molecule has 0 aliphatic carbocycles. The molecule has 3 rings (SSSR count). The lowest BCUT2D eigenvalue weighted by atomic mass is 10.0. The zero-order valence-corrected chi connectivity index (χ0v) is 12.0. The van der Waals surface area contributed by atoms with Crippen molar-refractivity contribution >= 4 is 11.7 Å². The van der Waals surface area contributed by atoms with Gasteiger partial charge in [-0.2, -0.15) is 0 Å². The highest BCUT2D eigenvalue weighted by molar-refractivity contribution is 6.09. The average Bonchev–Trinajstić information content (AvgIpc) is 2.72. The van der Waals surface area contributed by atoms with Gasteiger partial charge in [0.2, 0.25) is 0 Å². The maximum absolute atomic E-state index is 12.6. The minimum absolute atomic E-state index is 0.498. The summed E-state index contributed by atoms with van der Waals surface area (Å²) in [7, 11) is 0. The Morgan fingerprint density at radius 1 is 1.15 bits per heavy atom. The lowest BCUT2D eigenvalue weighted by Crippen LogP contribution is -2.49. The van der Waals surface area contributed by atoms with Crippen LogP contribution in [0.25, 0.3) is 0 Å². The van der Waals surface area contributed by atoms with Crippen molar-refractivity contribution in [1.82, 2.24) is 9.88 Å². The van der Waals surface area contributed by atoms with Crippen molar-refractivity contribution in [3.63, 3.8) is 0 Å². The second kappa shape index (κ2) is 4.89. The molecule has 2 aliphatic heterocycles. The second-order valence-corrected chi connectivity index (χ2v) is 5.90. The normalized spacial score (nSPS) is 22.1. The highest BCUT2D eigenvalue weighted by atomic mass is 16.5. The third kappa shape index (κ3) is 2.07. The van der Waals surface area contributed by atoms with Gasteiger partial charge in [0, 0.05) is 25.5 Å². The Hall–Kier alpha value is -1.91. The molecule has 20 heavy (non-hydrogen) atoms. The van der Waals surface area contributed by atoms with Gasteiger partial charge in [-0.1, -0.05) is 0 Å². The lowest BCUT2D eigenvalue weighted by molar-refractivity contribution is -0.514. The Kier molecular flexibility index (Phi) is 3.20. The number of aliphatic imine (C=N–C) groups is 1. The number of aromatic nitrogens is 1. The summed E-state index contributed by atoms with van der Waals surface area (Å²) in [6.45, 7) is 5.89. The van der Waals surface area contributed by atoms with Crippen LogP contribution in [0.3, 0.4) is 0 Å². The van der Waals surface area contributed by atoms with Crippen LogP contribution in [0.4, 0.5) is 0 Å². The Bertz CT molecular complexity index is 556. The zero-order chi connectivity index (χ0) is 14.2. The molecule has 5 heteroatoms. The maximum atomic E-state index is 12.6. The van der Waals surface area contributed by atoms with Crippen molar-refractivity contribution < 1.29 is 4.74 Å². The summed E-state index contributed by atoms with van der Waals surface area (Å²) in [4.78, 5) is 10.9. The summed E-state index contributed by atoms with van der Waals surface area (Å²) in [6.07, 6.45) is 7.01. The Balaban J connectivity index is 1.98. The molecule has 3 heterocycles. The van der Waals surface area contributed by atoms with Crippen LogP contribution in [-0.4, -0.2) is 44.9 Å². The van der Waals surface area contributed by atoms with Crippen molar-refractivity contribution in [3.05, 3.63) is 35.3 Å². The van der Waals surface area contributed by atoms with E-state index < -0.39 is 5.54 Å². The highest BCUT2D eigenvalue weighted by Crippen LogP contribution is 2.25. The number of hydrogen-bond donors (Lipinski definition) is 0. The first-order valence-electron chi connectivity index (χ1n) is 7.19. The van der Waals surface area contributed by atoms with Gasteiger partial charge >= 0.3 is 5.84 Å². The van der Waals surface area contributed by atoms with Gasteiger partial charge in [0.15, 0.2) is 5.54 Å². The van der Waals surface area contributed by atoms with E-state index in [-0.39, 0.29) is 0 Å². The van der Waals surface area contributed by atoms with Crippen molar-refractivity contribution in [2.45, 2.75) is 38.6 Å². The summed E-state index contributed by atoms with van der Waals surface area (Å²) in [5.41, 5.74) is 0.228. The molecule has 0 N–H and O–H groups in total. The minimum atomic E-state index is -0.601. The molecule has 0 atom stereocenters. The summed E-state index contributed by atoms with van der Waals surface area (Å²) >= 11 is 0. The molecule has 2 aliphatic rings. The maximum Gasteiger partial charge on any atom is 0.331 e. The van der Waals surface area contributed by atoms with Gasteiger partial charge < -0.3 is 10.1 Å². The first-order chi connectivity index (χ1) is 9.60. The molecule has 0 unspecified atom stereocenters. The summed E-state index contributed by atoms with van der Waals surface area (Å²) in [5.74, 6) is 1.40. The number of rotatable bonds is 1. The molecule has 1 aromatic rings. The summed E-state index contributed by atoms with van der Waals surface area (Å²) in [5, 5.41) is 12.6. The molecule has 1 fully saturated rings. The van der Waals surface area contributed by atoms with Crippen molar-refractivity contribution in [3.8, 4) is 0 Å². The van der Waals surface area contributed by atoms with E-state index in [0.29, 0.717) is 5.84 Å². The number of piperidine rings is 1. The molecule has 0 bridgehead atoms. The van der Waals surface area contributed by atoms with Gasteiger partial charge in [-0.25, -0.2) is 4.74 Å². The third-order valence-electron chi connectivity index (χ3n) is 4.05. The minimum Gasteiger partial charge on any atom is -0.714 e. The Morgan fingerprint density at radius 2 is 1.80 bits per heavy atom. The number of pyridine rings is 1. The van der Waals surface area contributed by atoms with Crippen LogP contribution in [0.2, 0.25) is 0 Å². The largest absolute Gasteiger partial charge is 0.714 e. The monoisotopic (exact) mass is 272 g/mol. The van der Waals surface area contributed by atoms with E-state index >= 15 is 0 Å². The Morgan fingerprint density at radius 3 is 2.45 bits per heavy atom. The number of hydroxylamine groups is 1. The highest BCUT2D eigenvalue weighted by Gasteiger charge is 2.45. The molecular weight excluding hydrogens is 252 g/mol. The lowest BCUT2D eigenvalue weighted by Gasteiger charge is -2.32. The van der Waals surface area contributed by atoms with E-state index in [0.717, 1.165) is 29.2 Å². The van der Waals surface area contributed by atoms with Gasteiger partial charge in [-0.3, -0.25) is 4.98 Å². The second-order valence-electron chi connectivity index (χ2n) is 5.90.